The number of anilines is 1. The van der Waals surface area contributed by atoms with Crippen LogP contribution in [0, 0.1) is 12.8 Å². The third kappa shape index (κ3) is 3.92. The molecule has 126 valence electrons. The molecule has 2 heterocycles. The first kappa shape index (κ1) is 16.0. The van der Waals surface area contributed by atoms with Crippen LogP contribution in [0.1, 0.15) is 18.6 Å². The summed E-state index contributed by atoms with van der Waals surface area (Å²) in [5, 5.41) is 6.49. The van der Waals surface area contributed by atoms with Gasteiger partial charge in [0, 0.05) is 25.1 Å². The van der Waals surface area contributed by atoms with E-state index in [9.17, 15) is 9.59 Å². The first-order chi connectivity index (χ1) is 11.6. The molecule has 0 radical (unpaired) electrons. The predicted octanol–water partition coefficient (Wildman–Crippen LogP) is 2.83. The van der Waals surface area contributed by atoms with Crippen molar-refractivity contribution >= 4 is 17.8 Å². The number of ether oxygens (including phenoxy) is 1. The molecule has 1 aromatic heterocycles. The Hall–Kier alpha value is -2.83. The molecule has 1 N–H and O–H groups in total. The number of carbonyl (C=O) groups excluding carboxylic acids is 2. The molecule has 3 rings (SSSR count). The maximum Gasteiger partial charge on any atom is 0.415 e. The van der Waals surface area contributed by atoms with Crippen LogP contribution < -0.4 is 10.1 Å². The molecule has 1 saturated heterocycles. The highest BCUT2D eigenvalue weighted by Gasteiger charge is 2.28. The Labute approximate surface area is 139 Å². The number of para-hydroxylation sites is 1. The van der Waals surface area contributed by atoms with Gasteiger partial charge in [-0.2, -0.15) is 0 Å². The number of aromatic nitrogens is 1. The minimum atomic E-state index is -0.382. The molecule has 0 atom stereocenters. The summed E-state index contributed by atoms with van der Waals surface area (Å²) in [4.78, 5) is 26.0. The number of amides is 2. The monoisotopic (exact) mass is 329 g/mol. The third-order valence-electron chi connectivity index (χ3n) is 3.95. The lowest BCUT2D eigenvalue weighted by molar-refractivity contribution is -0.121. The average molecular weight is 329 g/mol. The van der Waals surface area contributed by atoms with Crippen molar-refractivity contribution in [2.45, 2.75) is 19.8 Å². The molecule has 2 amide bonds. The summed E-state index contributed by atoms with van der Waals surface area (Å²) < 4.78 is 10.2. The number of aryl methyl sites for hydroxylation is 1. The number of benzene rings is 1. The number of carbonyl (C=O) groups is 2. The van der Waals surface area contributed by atoms with Crippen molar-refractivity contribution in [3.8, 4) is 5.75 Å². The van der Waals surface area contributed by atoms with Crippen LogP contribution in [0.25, 0.3) is 0 Å². The van der Waals surface area contributed by atoms with E-state index in [1.54, 1.807) is 30.0 Å². The first-order valence-corrected chi connectivity index (χ1v) is 7.88. The third-order valence-corrected chi connectivity index (χ3v) is 3.95. The number of nitrogens with zero attached hydrogens (tertiary/aromatic N) is 2. The standard InChI is InChI=1S/C17H19N3O4/c1-12-11-15(19-24-12)18-16(21)13-7-9-20(10-8-13)17(22)23-14-5-3-2-4-6-14/h2-6,11,13H,7-10H2,1H3,(H,18,19,21). The Kier molecular flexibility index (Phi) is 4.79. The lowest BCUT2D eigenvalue weighted by Crippen LogP contribution is -2.42. The minimum absolute atomic E-state index is 0.0978. The van der Waals surface area contributed by atoms with Gasteiger partial charge in [-0.25, -0.2) is 4.79 Å². The van der Waals surface area contributed by atoms with Gasteiger partial charge >= 0.3 is 6.09 Å². The Morgan fingerprint density at radius 3 is 2.58 bits per heavy atom. The molecule has 0 aliphatic carbocycles. The van der Waals surface area contributed by atoms with E-state index in [0.29, 0.717) is 43.3 Å². The lowest BCUT2D eigenvalue weighted by atomic mass is 9.96. The van der Waals surface area contributed by atoms with Crippen LogP contribution in [-0.2, 0) is 4.79 Å². The molecule has 0 saturated carbocycles. The maximum absolute atomic E-state index is 12.2. The van der Waals surface area contributed by atoms with Crippen LogP contribution in [0.4, 0.5) is 10.6 Å². The Morgan fingerprint density at radius 1 is 1.25 bits per heavy atom. The smallest absolute Gasteiger partial charge is 0.410 e. The number of nitrogens with one attached hydrogen (secondary N) is 1. The van der Waals surface area contributed by atoms with Gasteiger partial charge in [0.25, 0.3) is 0 Å². The normalized spacial score (nSPS) is 15.1. The molecule has 7 heteroatoms. The zero-order valence-electron chi connectivity index (χ0n) is 13.4. The number of likely N-dealkylation sites (tertiary alicyclic amines) is 1. The van der Waals surface area contributed by atoms with Gasteiger partial charge in [0.15, 0.2) is 5.82 Å². The number of piperidine rings is 1. The van der Waals surface area contributed by atoms with Gasteiger partial charge in [-0.1, -0.05) is 23.4 Å². The highest BCUT2D eigenvalue weighted by molar-refractivity contribution is 5.91. The van der Waals surface area contributed by atoms with E-state index >= 15 is 0 Å². The van der Waals surface area contributed by atoms with Crippen LogP contribution in [0.5, 0.6) is 5.75 Å². The zero-order chi connectivity index (χ0) is 16.9. The molecule has 0 spiro atoms. The van der Waals surface area contributed by atoms with Crippen molar-refractivity contribution in [1.29, 1.82) is 0 Å². The molecule has 24 heavy (non-hydrogen) atoms. The van der Waals surface area contributed by atoms with Crippen LogP contribution >= 0.6 is 0 Å². The van der Waals surface area contributed by atoms with Gasteiger partial charge in [0.2, 0.25) is 5.91 Å². The largest absolute Gasteiger partial charge is 0.415 e. The molecular formula is C17H19N3O4. The number of rotatable bonds is 3. The maximum atomic E-state index is 12.2. The molecule has 1 fully saturated rings. The number of hydrogen-bond donors (Lipinski definition) is 1. The second-order valence-corrected chi connectivity index (χ2v) is 5.75. The molecule has 1 aromatic carbocycles. The molecular weight excluding hydrogens is 310 g/mol. The second kappa shape index (κ2) is 7.16. The second-order valence-electron chi connectivity index (χ2n) is 5.75. The molecule has 7 nitrogen and oxygen atoms in total. The van der Waals surface area contributed by atoms with Crippen LogP contribution in [0.3, 0.4) is 0 Å². The van der Waals surface area contributed by atoms with Gasteiger partial charge in [-0.3, -0.25) is 4.79 Å². The van der Waals surface area contributed by atoms with Crippen molar-refractivity contribution in [3.05, 3.63) is 42.2 Å². The van der Waals surface area contributed by atoms with E-state index in [1.165, 1.54) is 0 Å². The van der Waals surface area contributed by atoms with E-state index < -0.39 is 0 Å². The van der Waals surface area contributed by atoms with Gasteiger partial charge in [-0.05, 0) is 31.9 Å². The summed E-state index contributed by atoms with van der Waals surface area (Å²) >= 11 is 0. The van der Waals surface area contributed by atoms with Gasteiger partial charge in [0.1, 0.15) is 11.5 Å². The molecule has 2 aromatic rings. The van der Waals surface area contributed by atoms with Crippen LogP contribution in [-0.4, -0.2) is 35.1 Å². The van der Waals surface area contributed by atoms with E-state index in [0.717, 1.165) is 0 Å². The predicted molar refractivity (Wildman–Crippen MR) is 86.6 cm³/mol. The Balaban J connectivity index is 1.48. The van der Waals surface area contributed by atoms with Crippen molar-refractivity contribution in [1.82, 2.24) is 10.1 Å². The van der Waals surface area contributed by atoms with E-state index in [-0.39, 0.29) is 17.9 Å². The summed E-state index contributed by atoms with van der Waals surface area (Å²) in [6.45, 7) is 2.74. The zero-order valence-corrected chi connectivity index (χ0v) is 13.4. The quantitative estimate of drug-likeness (QED) is 0.936. The molecule has 0 bridgehead atoms. The van der Waals surface area contributed by atoms with Crippen molar-refractivity contribution in [3.63, 3.8) is 0 Å². The highest BCUT2D eigenvalue weighted by Crippen LogP contribution is 2.21. The van der Waals surface area contributed by atoms with Crippen LogP contribution in [0.2, 0.25) is 0 Å². The van der Waals surface area contributed by atoms with Crippen molar-refractivity contribution < 1.29 is 18.8 Å². The van der Waals surface area contributed by atoms with E-state index in [1.807, 2.05) is 18.2 Å². The Bertz CT molecular complexity index is 706. The molecule has 1 aliphatic heterocycles. The van der Waals surface area contributed by atoms with Gasteiger partial charge in [0.05, 0.1) is 0 Å². The summed E-state index contributed by atoms with van der Waals surface area (Å²) in [5.74, 6) is 1.33. The molecule has 1 aliphatic rings. The van der Waals surface area contributed by atoms with Crippen LogP contribution in [0.15, 0.2) is 40.9 Å². The van der Waals surface area contributed by atoms with E-state index in [4.69, 9.17) is 9.26 Å². The summed E-state index contributed by atoms with van der Waals surface area (Å²) in [6, 6.07) is 10.6. The summed E-state index contributed by atoms with van der Waals surface area (Å²) in [6.07, 6.45) is 0.797. The fourth-order valence-electron chi connectivity index (χ4n) is 2.63. The van der Waals surface area contributed by atoms with Crippen molar-refractivity contribution in [2.75, 3.05) is 18.4 Å². The summed E-state index contributed by atoms with van der Waals surface area (Å²) in [5.41, 5.74) is 0. The lowest BCUT2D eigenvalue weighted by Gasteiger charge is -2.30. The fraction of sp³-hybridized carbons (Fsp3) is 0.353. The minimum Gasteiger partial charge on any atom is -0.410 e. The van der Waals surface area contributed by atoms with E-state index in [2.05, 4.69) is 10.5 Å². The molecule has 0 unspecified atom stereocenters. The highest BCUT2D eigenvalue weighted by atomic mass is 16.6. The Morgan fingerprint density at radius 2 is 1.96 bits per heavy atom. The van der Waals surface area contributed by atoms with Gasteiger partial charge < -0.3 is 19.5 Å². The van der Waals surface area contributed by atoms with Crippen molar-refractivity contribution in [2.24, 2.45) is 5.92 Å². The number of hydrogen-bond acceptors (Lipinski definition) is 5. The summed E-state index contributed by atoms with van der Waals surface area (Å²) in [7, 11) is 0. The van der Waals surface area contributed by atoms with Gasteiger partial charge in [-0.15, -0.1) is 0 Å². The fourth-order valence-corrected chi connectivity index (χ4v) is 2.63. The first-order valence-electron chi connectivity index (χ1n) is 7.88. The SMILES string of the molecule is Cc1cc(NC(=O)C2CCN(C(=O)Oc3ccccc3)CC2)no1. The average Bonchev–Trinajstić information content (AvgIpc) is 3.00. The topological polar surface area (TPSA) is 84.7 Å².